The van der Waals surface area contributed by atoms with Crippen LogP contribution in [0.25, 0.3) is 0 Å². The molecule has 0 spiro atoms. The largest absolute Gasteiger partial charge is 0.365 e. The van der Waals surface area contributed by atoms with Gasteiger partial charge in [0.25, 0.3) is 0 Å². The van der Waals surface area contributed by atoms with Crippen molar-refractivity contribution in [3.8, 4) is 0 Å². The van der Waals surface area contributed by atoms with Crippen LogP contribution < -0.4 is 10.2 Å². The number of pyridine rings is 1. The van der Waals surface area contributed by atoms with Crippen LogP contribution in [0, 0.1) is 0 Å². The third kappa shape index (κ3) is 3.42. The lowest BCUT2D eigenvalue weighted by Crippen LogP contribution is -2.22. The van der Waals surface area contributed by atoms with E-state index >= 15 is 0 Å². The molecule has 0 atom stereocenters. The first kappa shape index (κ1) is 14.1. The molecule has 0 saturated heterocycles. The van der Waals surface area contributed by atoms with E-state index in [1.165, 1.54) is 16.8 Å². The number of rotatable bonds is 5. The monoisotopic (exact) mass is 281 g/mol. The van der Waals surface area contributed by atoms with Crippen molar-refractivity contribution < 1.29 is 0 Å². The van der Waals surface area contributed by atoms with Crippen molar-refractivity contribution >= 4 is 5.69 Å². The highest BCUT2D eigenvalue weighted by Crippen LogP contribution is 2.28. The standard InChI is InChI=1S/C18H23N3/c1-14(2)19-11-15-7-8-17(20-12-15)13-21-10-9-16-5-3-4-6-18(16)21/h3-8,12,14,19H,9-11,13H2,1-2H3. The molecule has 1 aromatic heterocycles. The zero-order chi connectivity index (χ0) is 14.7. The second kappa shape index (κ2) is 6.27. The number of para-hydroxylation sites is 1. The maximum atomic E-state index is 4.61. The first-order valence-corrected chi connectivity index (χ1v) is 7.72. The summed E-state index contributed by atoms with van der Waals surface area (Å²) < 4.78 is 0. The molecule has 0 saturated carbocycles. The number of nitrogens with one attached hydrogen (secondary N) is 1. The predicted molar refractivity (Wildman–Crippen MR) is 87.4 cm³/mol. The molecule has 1 aliphatic rings. The summed E-state index contributed by atoms with van der Waals surface area (Å²) in [7, 11) is 0. The van der Waals surface area contributed by atoms with Gasteiger partial charge in [-0.3, -0.25) is 4.98 Å². The molecule has 0 fully saturated rings. The van der Waals surface area contributed by atoms with Gasteiger partial charge in [0.1, 0.15) is 0 Å². The summed E-state index contributed by atoms with van der Waals surface area (Å²) in [5.74, 6) is 0. The molecule has 21 heavy (non-hydrogen) atoms. The summed E-state index contributed by atoms with van der Waals surface area (Å²) in [5, 5.41) is 3.42. The van der Waals surface area contributed by atoms with Crippen LogP contribution in [0.3, 0.4) is 0 Å². The molecule has 0 unspecified atom stereocenters. The molecule has 3 heteroatoms. The van der Waals surface area contributed by atoms with E-state index in [4.69, 9.17) is 0 Å². The first-order chi connectivity index (χ1) is 10.2. The third-order valence-electron chi connectivity index (χ3n) is 3.94. The molecule has 1 aliphatic heterocycles. The van der Waals surface area contributed by atoms with E-state index in [-0.39, 0.29) is 0 Å². The summed E-state index contributed by atoms with van der Waals surface area (Å²) in [6.45, 7) is 7.20. The molecule has 0 radical (unpaired) electrons. The van der Waals surface area contributed by atoms with E-state index in [0.29, 0.717) is 6.04 Å². The summed E-state index contributed by atoms with van der Waals surface area (Å²) in [6.07, 6.45) is 3.14. The number of nitrogens with zero attached hydrogens (tertiary/aromatic N) is 2. The highest BCUT2D eigenvalue weighted by Gasteiger charge is 2.18. The van der Waals surface area contributed by atoms with Gasteiger partial charge in [0.2, 0.25) is 0 Å². The second-order valence-electron chi connectivity index (χ2n) is 5.99. The van der Waals surface area contributed by atoms with Crippen molar-refractivity contribution in [2.75, 3.05) is 11.4 Å². The lowest BCUT2D eigenvalue weighted by Gasteiger charge is -2.19. The van der Waals surface area contributed by atoms with Crippen LogP contribution in [-0.4, -0.2) is 17.6 Å². The van der Waals surface area contributed by atoms with E-state index in [9.17, 15) is 0 Å². The SMILES string of the molecule is CC(C)NCc1ccc(CN2CCc3ccccc32)nc1. The third-order valence-corrected chi connectivity index (χ3v) is 3.94. The van der Waals surface area contributed by atoms with Crippen molar-refractivity contribution in [2.24, 2.45) is 0 Å². The van der Waals surface area contributed by atoms with Gasteiger partial charge in [-0.15, -0.1) is 0 Å². The molecule has 3 nitrogen and oxygen atoms in total. The fourth-order valence-corrected chi connectivity index (χ4v) is 2.74. The Kier molecular flexibility index (Phi) is 4.20. The van der Waals surface area contributed by atoms with Crippen LogP contribution >= 0.6 is 0 Å². The van der Waals surface area contributed by atoms with Gasteiger partial charge in [-0.05, 0) is 29.7 Å². The van der Waals surface area contributed by atoms with Gasteiger partial charge >= 0.3 is 0 Å². The highest BCUT2D eigenvalue weighted by atomic mass is 15.2. The molecule has 0 amide bonds. The molecule has 0 aliphatic carbocycles. The van der Waals surface area contributed by atoms with Crippen molar-refractivity contribution in [2.45, 2.75) is 39.4 Å². The summed E-state index contributed by atoms with van der Waals surface area (Å²) in [5.41, 5.74) is 5.20. The van der Waals surface area contributed by atoms with Crippen LogP contribution in [0.2, 0.25) is 0 Å². The first-order valence-electron chi connectivity index (χ1n) is 7.72. The van der Waals surface area contributed by atoms with E-state index in [0.717, 1.165) is 31.7 Å². The molecule has 2 aromatic rings. The van der Waals surface area contributed by atoms with Crippen molar-refractivity contribution in [1.29, 1.82) is 0 Å². The number of benzene rings is 1. The molecular formula is C18H23N3. The second-order valence-corrected chi connectivity index (χ2v) is 5.99. The molecule has 110 valence electrons. The number of hydrogen-bond donors (Lipinski definition) is 1. The summed E-state index contributed by atoms with van der Waals surface area (Å²) in [6, 6.07) is 13.5. The Balaban J connectivity index is 1.64. The van der Waals surface area contributed by atoms with Gasteiger partial charge < -0.3 is 10.2 Å². The lowest BCUT2D eigenvalue weighted by molar-refractivity contribution is 0.587. The molecule has 1 N–H and O–H groups in total. The summed E-state index contributed by atoms with van der Waals surface area (Å²) >= 11 is 0. The van der Waals surface area contributed by atoms with Gasteiger partial charge in [0, 0.05) is 31.0 Å². The van der Waals surface area contributed by atoms with E-state index < -0.39 is 0 Å². The minimum absolute atomic E-state index is 0.505. The Morgan fingerprint density at radius 3 is 2.81 bits per heavy atom. The average molecular weight is 281 g/mol. The molecule has 1 aromatic carbocycles. The fourth-order valence-electron chi connectivity index (χ4n) is 2.74. The maximum Gasteiger partial charge on any atom is 0.0602 e. The van der Waals surface area contributed by atoms with Crippen molar-refractivity contribution in [3.63, 3.8) is 0 Å². The van der Waals surface area contributed by atoms with Gasteiger partial charge in [0.05, 0.1) is 12.2 Å². The van der Waals surface area contributed by atoms with Crippen LogP contribution in [0.5, 0.6) is 0 Å². The maximum absolute atomic E-state index is 4.61. The minimum atomic E-state index is 0.505. The Hall–Kier alpha value is -1.87. The number of anilines is 1. The van der Waals surface area contributed by atoms with Crippen LogP contribution in [0.1, 0.15) is 30.7 Å². The molecular weight excluding hydrogens is 258 g/mol. The van der Waals surface area contributed by atoms with Crippen molar-refractivity contribution in [3.05, 3.63) is 59.4 Å². The number of fused-ring (bicyclic) bond motifs is 1. The molecule has 2 heterocycles. The number of aromatic nitrogens is 1. The average Bonchev–Trinajstić information content (AvgIpc) is 2.90. The smallest absolute Gasteiger partial charge is 0.0602 e. The Labute approximate surface area is 127 Å². The quantitative estimate of drug-likeness (QED) is 0.912. The number of hydrogen-bond acceptors (Lipinski definition) is 3. The zero-order valence-corrected chi connectivity index (χ0v) is 12.8. The molecule has 0 bridgehead atoms. The lowest BCUT2D eigenvalue weighted by atomic mass is 10.2. The van der Waals surface area contributed by atoms with E-state index in [2.05, 4.69) is 65.4 Å². The molecule has 3 rings (SSSR count). The predicted octanol–water partition coefficient (Wildman–Crippen LogP) is 3.14. The normalized spacial score (nSPS) is 13.8. The minimum Gasteiger partial charge on any atom is -0.365 e. The van der Waals surface area contributed by atoms with Crippen molar-refractivity contribution in [1.82, 2.24) is 10.3 Å². The van der Waals surface area contributed by atoms with Crippen LogP contribution in [0.4, 0.5) is 5.69 Å². The van der Waals surface area contributed by atoms with Crippen LogP contribution in [-0.2, 0) is 19.5 Å². The Morgan fingerprint density at radius 1 is 1.19 bits per heavy atom. The van der Waals surface area contributed by atoms with Gasteiger partial charge in [-0.25, -0.2) is 0 Å². The zero-order valence-electron chi connectivity index (χ0n) is 12.8. The Bertz CT molecular complexity index is 590. The van der Waals surface area contributed by atoms with Gasteiger partial charge in [-0.1, -0.05) is 38.1 Å². The Morgan fingerprint density at radius 2 is 2.05 bits per heavy atom. The fraction of sp³-hybridized carbons (Fsp3) is 0.389. The van der Waals surface area contributed by atoms with Gasteiger partial charge in [-0.2, -0.15) is 0 Å². The highest BCUT2D eigenvalue weighted by molar-refractivity contribution is 5.57. The van der Waals surface area contributed by atoms with Crippen LogP contribution in [0.15, 0.2) is 42.6 Å². The topological polar surface area (TPSA) is 28.2 Å². The van der Waals surface area contributed by atoms with E-state index in [1.54, 1.807) is 0 Å². The summed E-state index contributed by atoms with van der Waals surface area (Å²) in [4.78, 5) is 7.03. The van der Waals surface area contributed by atoms with Gasteiger partial charge in [0.15, 0.2) is 0 Å². The van der Waals surface area contributed by atoms with E-state index in [1.807, 2.05) is 6.20 Å².